The molecule has 5 heteroatoms. The minimum absolute atomic E-state index is 0.610. The van der Waals surface area contributed by atoms with Gasteiger partial charge < -0.3 is 14.4 Å². The summed E-state index contributed by atoms with van der Waals surface area (Å²) in [6.07, 6.45) is 0. The summed E-state index contributed by atoms with van der Waals surface area (Å²) in [6.45, 7) is 5.96. The molecule has 1 aromatic carbocycles. The van der Waals surface area contributed by atoms with Crippen molar-refractivity contribution in [2.45, 2.75) is 6.92 Å². The van der Waals surface area contributed by atoms with Crippen LogP contribution in [-0.2, 0) is 4.74 Å². The first-order valence-corrected chi connectivity index (χ1v) is 7.74. The van der Waals surface area contributed by atoms with E-state index in [0.29, 0.717) is 12.5 Å². The Labute approximate surface area is 129 Å². The van der Waals surface area contributed by atoms with Crippen LogP contribution in [0.3, 0.4) is 0 Å². The highest BCUT2D eigenvalue weighted by Crippen LogP contribution is 2.30. The molecule has 1 aliphatic heterocycles. The van der Waals surface area contributed by atoms with E-state index in [1.165, 1.54) is 5.82 Å². The minimum Gasteiger partial charge on any atom is -0.476 e. The lowest BCUT2D eigenvalue weighted by molar-refractivity contribution is 0.122. The first-order chi connectivity index (χ1) is 10.9. The molecular weight excluding hydrogens is 278 g/mol. The third-order valence-corrected chi connectivity index (χ3v) is 4.04. The number of morpholine rings is 1. The number of fused-ring (bicyclic) bond motifs is 3. The van der Waals surface area contributed by atoms with Gasteiger partial charge in [0.05, 0.1) is 30.9 Å². The maximum Gasteiger partial charge on any atom is 0.238 e. The second-order valence-electron chi connectivity index (χ2n) is 5.35. The molecule has 114 valence electrons. The maximum atomic E-state index is 5.75. The van der Waals surface area contributed by atoms with Crippen LogP contribution in [0.4, 0.5) is 5.82 Å². The number of para-hydroxylation sites is 2. The van der Waals surface area contributed by atoms with Gasteiger partial charge in [-0.15, -0.1) is 0 Å². The van der Waals surface area contributed by atoms with Crippen molar-refractivity contribution in [3.05, 3.63) is 36.4 Å². The van der Waals surface area contributed by atoms with Crippen molar-refractivity contribution in [2.75, 3.05) is 37.8 Å². The van der Waals surface area contributed by atoms with Crippen molar-refractivity contribution in [3.63, 3.8) is 0 Å². The minimum atomic E-state index is 0.610. The number of hydrogen-bond acceptors (Lipinski definition) is 4. The predicted molar refractivity (Wildman–Crippen MR) is 86.9 cm³/mol. The predicted octanol–water partition coefficient (Wildman–Crippen LogP) is 2.72. The smallest absolute Gasteiger partial charge is 0.238 e. The van der Waals surface area contributed by atoms with Gasteiger partial charge in [-0.2, -0.15) is 0 Å². The Morgan fingerprint density at radius 2 is 1.91 bits per heavy atom. The molecule has 0 aliphatic carbocycles. The molecule has 0 saturated carbocycles. The van der Waals surface area contributed by atoms with Crippen molar-refractivity contribution in [1.29, 1.82) is 0 Å². The van der Waals surface area contributed by atoms with E-state index in [9.17, 15) is 0 Å². The van der Waals surface area contributed by atoms with Gasteiger partial charge in [-0.1, -0.05) is 12.1 Å². The van der Waals surface area contributed by atoms with Crippen LogP contribution < -0.4 is 9.64 Å². The Kier molecular flexibility index (Phi) is 3.35. The molecule has 3 heterocycles. The number of anilines is 1. The average molecular weight is 297 g/mol. The molecular formula is C17H19N3O2. The molecule has 22 heavy (non-hydrogen) atoms. The number of aromatic nitrogens is 2. The van der Waals surface area contributed by atoms with Gasteiger partial charge in [-0.05, 0) is 31.2 Å². The summed E-state index contributed by atoms with van der Waals surface area (Å²) in [6, 6.07) is 12.4. The fourth-order valence-corrected chi connectivity index (χ4v) is 3.04. The van der Waals surface area contributed by atoms with Gasteiger partial charge in [0.15, 0.2) is 0 Å². The Hall–Kier alpha value is -2.27. The quantitative estimate of drug-likeness (QED) is 0.745. The monoisotopic (exact) mass is 297 g/mol. The van der Waals surface area contributed by atoms with E-state index >= 15 is 0 Å². The first kappa shape index (κ1) is 13.4. The highest BCUT2D eigenvalue weighted by atomic mass is 16.5. The molecule has 0 bridgehead atoms. The van der Waals surface area contributed by atoms with Crippen LogP contribution in [0, 0.1) is 0 Å². The van der Waals surface area contributed by atoms with E-state index < -0.39 is 0 Å². The van der Waals surface area contributed by atoms with Crippen LogP contribution in [0.25, 0.3) is 16.6 Å². The largest absolute Gasteiger partial charge is 0.476 e. The van der Waals surface area contributed by atoms with Crippen LogP contribution >= 0.6 is 0 Å². The third kappa shape index (κ3) is 2.09. The van der Waals surface area contributed by atoms with Crippen molar-refractivity contribution in [1.82, 2.24) is 9.38 Å². The van der Waals surface area contributed by atoms with Gasteiger partial charge in [0.1, 0.15) is 11.3 Å². The highest BCUT2D eigenvalue weighted by Gasteiger charge is 2.18. The normalized spacial score (nSPS) is 15.6. The molecule has 0 radical (unpaired) electrons. The van der Waals surface area contributed by atoms with Crippen molar-refractivity contribution < 1.29 is 9.47 Å². The molecule has 5 nitrogen and oxygen atoms in total. The van der Waals surface area contributed by atoms with Crippen molar-refractivity contribution in [3.8, 4) is 5.88 Å². The zero-order valence-corrected chi connectivity index (χ0v) is 12.7. The lowest BCUT2D eigenvalue weighted by Crippen LogP contribution is -2.36. The summed E-state index contributed by atoms with van der Waals surface area (Å²) in [7, 11) is 0. The first-order valence-electron chi connectivity index (χ1n) is 7.74. The van der Waals surface area contributed by atoms with E-state index in [1.807, 2.05) is 25.1 Å². The maximum absolute atomic E-state index is 5.75. The van der Waals surface area contributed by atoms with Gasteiger partial charge in [0.2, 0.25) is 5.88 Å². The Morgan fingerprint density at radius 1 is 1.09 bits per heavy atom. The second kappa shape index (κ2) is 5.50. The summed E-state index contributed by atoms with van der Waals surface area (Å²) in [5.41, 5.74) is 3.07. The average Bonchev–Trinajstić information content (AvgIpc) is 3.02. The molecule has 0 unspecified atom stereocenters. The molecule has 0 spiro atoms. The van der Waals surface area contributed by atoms with Crippen LogP contribution in [0.1, 0.15) is 6.92 Å². The fourth-order valence-electron chi connectivity index (χ4n) is 3.04. The summed E-state index contributed by atoms with van der Waals surface area (Å²) in [5, 5.41) is 0. The molecule has 0 atom stereocenters. The molecule has 0 amide bonds. The van der Waals surface area contributed by atoms with Crippen LogP contribution in [0.2, 0.25) is 0 Å². The van der Waals surface area contributed by atoms with E-state index in [-0.39, 0.29) is 0 Å². The number of ether oxygens (including phenoxy) is 2. The standard InChI is InChI=1S/C17H19N3O2/c1-2-22-17-15-7-8-16(19-9-11-21-12-10-19)20(15)14-6-4-3-5-13(14)18-17/h3-8H,2,9-12H2,1H3. The zero-order chi connectivity index (χ0) is 14.9. The molecule has 3 aromatic rings. The summed E-state index contributed by atoms with van der Waals surface area (Å²) in [4.78, 5) is 7.03. The van der Waals surface area contributed by atoms with Gasteiger partial charge in [-0.25, -0.2) is 4.98 Å². The Morgan fingerprint density at radius 3 is 2.73 bits per heavy atom. The van der Waals surface area contributed by atoms with Gasteiger partial charge in [-0.3, -0.25) is 4.40 Å². The van der Waals surface area contributed by atoms with E-state index in [2.05, 4.69) is 32.5 Å². The topological polar surface area (TPSA) is 39.0 Å². The summed E-state index contributed by atoms with van der Waals surface area (Å²) >= 11 is 0. The Bertz CT molecular complexity index is 806. The lowest BCUT2D eigenvalue weighted by atomic mass is 10.3. The SMILES string of the molecule is CCOc1nc2ccccc2n2c(N3CCOCC3)ccc12. The van der Waals surface area contributed by atoms with Gasteiger partial charge >= 0.3 is 0 Å². The van der Waals surface area contributed by atoms with E-state index in [1.54, 1.807) is 0 Å². The Balaban J connectivity index is 1.98. The zero-order valence-electron chi connectivity index (χ0n) is 12.7. The van der Waals surface area contributed by atoms with E-state index in [4.69, 9.17) is 9.47 Å². The lowest BCUT2D eigenvalue weighted by Gasteiger charge is -2.28. The number of rotatable bonds is 3. The number of benzene rings is 1. The van der Waals surface area contributed by atoms with Crippen LogP contribution in [0.15, 0.2) is 36.4 Å². The van der Waals surface area contributed by atoms with Crippen LogP contribution in [-0.4, -0.2) is 42.3 Å². The van der Waals surface area contributed by atoms with Gasteiger partial charge in [0, 0.05) is 13.1 Å². The molecule has 1 saturated heterocycles. The molecule has 1 fully saturated rings. The molecule has 1 aliphatic rings. The van der Waals surface area contributed by atoms with E-state index in [0.717, 1.165) is 42.9 Å². The highest BCUT2D eigenvalue weighted by molar-refractivity contribution is 5.84. The third-order valence-electron chi connectivity index (χ3n) is 4.04. The molecule has 2 aromatic heterocycles. The van der Waals surface area contributed by atoms with Gasteiger partial charge in [0.25, 0.3) is 0 Å². The fraction of sp³-hybridized carbons (Fsp3) is 0.353. The second-order valence-corrected chi connectivity index (χ2v) is 5.35. The number of hydrogen-bond donors (Lipinski definition) is 0. The number of nitrogens with zero attached hydrogens (tertiary/aromatic N) is 3. The molecule has 4 rings (SSSR count). The van der Waals surface area contributed by atoms with Crippen molar-refractivity contribution >= 4 is 22.4 Å². The summed E-state index contributed by atoms with van der Waals surface area (Å²) in [5.74, 6) is 1.87. The van der Waals surface area contributed by atoms with Crippen molar-refractivity contribution in [2.24, 2.45) is 0 Å². The summed E-state index contributed by atoms with van der Waals surface area (Å²) < 4.78 is 13.5. The van der Waals surface area contributed by atoms with Crippen LogP contribution in [0.5, 0.6) is 5.88 Å². The molecule has 0 N–H and O–H groups in total.